The predicted octanol–water partition coefficient (Wildman–Crippen LogP) is 3.24. The lowest BCUT2D eigenvalue weighted by Gasteiger charge is -2.45. The summed E-state index contributed by atoms with van der Waals surface area (Å²) in [6, 6.07) is 5.85. The third-order valence-corrected chi connectivity index (χ3v) is 10.3. The molecule has 5 heterocycles. The number of aliphatic hydroxyl groups is 1. The molecule has 0 saturated carbocycles. The molecule has 222 valence electrons. The predicted molar refractivity (Wildman–Crippen MR) is 152 cm³/mol. The lowest BCUT2D eigenvalue weighted by molar-refractivity contribution is -0.117. The highest BCUT2D eigenvalue weighted by molar-refractivity contribution is 5.96. The molecular formula is C31H37FN6O4. The summed E-state index contributed by atoms with van der Waals surface area (Å²) in [5.74, 6) is 0.531. The van der Waals surface area contributed by atoms with Gasteiger partial charge in [-0.2, -0.15) is 15.2 Å². The van der Waals surface area contributed by atoms with E-state index in [1.54, 1.807) is 11.0 Å². The van der Waals surface area contributed by atoms with E-state index in [0.717, 1.165) is 36.9 Å². The highest BCUT2D eigenvalue weighted by Crippen LogP contribution is 2.51. The fourth-order valence-electron chi connectivity index (χ4n) is 8.15. The topological polar surface area (TPSA) is 138 Å². The van der Waals surface area contributed by atoms with E-state index in [0.29, 0.717) is 67.0 Å². The zero-order chi connectivity index (χ0) is 29.2. The zero-order valence-electron chi connectivity index (χ0n) is 23.9. The van der Waals surface area contributed by atoms with Crippen molar-refractivity contribution >= 4 is 17.4 Å². The van der Waals surface area contributed by atoms with Gasteiger partial charge in [0.2, 0.25) is 5.91 Å². The highest BCUT2D eigenvalue weighted by Gasteiger charge is 2.50. The molecule has 5 unspecified atom stereocenters. The van der Waals surface area contributed by atoms with Crippen molar-refractivity contribution in [3.8, 4) is 12.1 Å². The van der Waals surface area contributed by atoms with E-state index >= 15 is 0 Å². The third-order valence-electron chi connectivity index (χ3n) is 10.3. The Morgan fingerprint density at radius 1 is 1.31 bits per heavy atom. The Bertz CT molecular complexity index is 1480. The lowest BCUT2D eigenvalue weighted by atomic mass is 9.69. The van der Waals surface area contributed by atoms with Gasteiger partial charge in [0, 0.05) is 42.6 Å². The summed E-state index contributed by atoms with van der Waals surface area (Å²) in [4.78, 5) is 26.5. The first-order valence-corrected chi connectivity index (χ1v) is 15.1. The number of nitriles is 1. The molecule has 2 aromatic rings. The fourth-order valence-corrected chi connectivity index (χ4v) is 8.15. The van der Waals surface area contributed by atoms with Crippen LogP contribution in [0.25, 0.3) is 0 Å². The van der Waals surface area contributed by atoms with Crippen LogP contribution in [0.3, 0.4) is 0 Å². The summed E-state index contributed by atoms with van der Waals surface area (Å²) in [6.45, 7) is 3.64. The minimum atomic E-state index is -0.881. The van der Waals surface area contributed by atoms with Crippen LogP contribution in [-0.4, -0.2) is 69.9 Å². The first-order valence-electron chi connectivity index (χ1n) is 15.1. The maximum absolute atomic E-state index is 14.4. The number of ether oxygens (including phenoxy) is 2. The van der Waals surface area contributed by atoms with Crippen molar-refractivity contribution in [2.45, 2.75) is 94.2 Å². The Morgan fingerprint density at radius 3 is 2.98 bits per heavy atom. The molecule has 1 aliphatic carbocycles. The van der Waals surface area contributed by atoms with Gasteiger partial charge in [-0.15, -0.1) is 0 Å². The van der Waals surface area contributed by atoms with E-state index in [4.69, 9.17) is 25.2 Å². The van der Waals surface area contributed by atoms with Crippen molar-refractivity contribution in [3.05, 3.63) is 40.1 Å². The van der Waals surface area contributed by atoms with Gasteiger partial charge in [-0.1, -0.05) is 13.0 Å². The Labute approximate surface area is 244 Å². The number of carbonyl (C=O) groups excluding carboxylic acids is 1. The average molecular weight is 577 g/mol. The number of nitrogen functional groups attached to an aromatic ring is 1. The second kappa shape index (κ2) is 10.1. The molecule has 5 aliphatic rings. The van der Waals surface area contributed by atoms with Crippen molar-refractivity contribution in [1.29, 1.82) is 5.26 Å². The standard InChI is InChI=1S/C31H37FN6O4/c1-18-7-9-31(27-21(18)4-5-24(34)22(27)13-33)12-25-23(16-42-31)28(38-20(15-39)3-6-26(38)40)36-29(35-25)41-17-30-8-2-10-37(30)14-19(32)11-30/h4-5,18-20,39H,2-3,6-12,14-17,34H2,1H3. The zero-order valence-corrected chi connectivity index (χ0v) is 23.9. The largest absolute Gasteiger partial charge is 0.461 e. The number of anilines is 2. The van der Waals surface area contributed by atoms with E-state index in [1.807, 2.05) is 6.07 Å². The first kappa shape index (κ1) is 27.5. The smallest absolute Gasteiger partial charge is 0.318 e. The Balaban J connectivity index is 1.31. The summed E-state index contributed by atoms with van der Waals surface area (Å²) >= 11 is 0. The van der Waals surface area contributed by atoms with Crippen LogP contribution >= 0.6 is 0 Å². The summed E-state index contributed by atoms with van der Waals surface area (Å²) in [7, 11) is 0. The van der Waals surface area contributed by atoms with Gasteiger partial charge in [-0.25, -0.2) is 4.39 Å². The molecule has 5 atom stereocenters. The molecule has 42 heavy (non-hydrogen) atoms. The maximum atomic E-state index is 14.4. The van der Waals surface area contributed by atoms with Crippen molar-refractivity contribution < 1.29 is 23.8 Å². The van der Waals surface area contributed by atoms with Crippen molar-refractivity contribution in [3.63, 3.8) is 0 Å². The van der Waals surface area contributed by atoms with Crippen LogP contribution in [-0.2, 0) is 28.2 Å². The van der Waals surface area contributed by atoms with Gasteiger partial charge in [-0.3, -0.25) is 14.6 Å². The molecule has 4 aliphatic heterocycles. The highest BCUT2D eigenvalue weighted by atomic mass is 19.1. The SMILES string of the molecule is CC1CCC2(Cc3nc(OCC45CCCN4CC(F)C5)nc(N4C(=O)CCC4CO)c3CO2)c2c1ccc(N)c2C#N. The summed E-state index contributed by atoms with van der Waals surface area (Å²) in [5, 5.41) is 20.2. The van der Waals surface area contributed by atoms with Gasteiger partial charge in [-0.05, 0) is 56.2 Å². The number of alkyl halides is 1. The van der Waals surface area contributed by atoms with Crippen LogP contribution in [0.2, 0.25) is 0 Å². The van der Waals surface area contributed by atoms with Crippen molar-refractivity contribution in [2.75, 3.05) is 36.9 Å². The molecule has 10 nitrogen and oxygen atoms in total. The second-order valence-electron chi connectivity index (χ2n) is 12.8. The molecule has 0 bridgehead atoms. The van der Waals surface area contributed by atoms with E-state index in [2.05, 4.69) is 17.9 Å². The molecule has 1 aromatic heterocycles. The number of hydrogen-bond acceptors (Lipinski definition) is 9. The molecule has 3 N–H and O–H groups in total. The molecule has 3 fully saturated rings. The summed E-state index contributed by atoms with van der Waals surface area (Å²) in [6.07, 6.45) is 4.16. The van der Waals surface area contributed by atoms with Crippen LogP contribution in [0.4, 0.5) is 15.9 Å². The minimum Gasteiger partial charge on any atom is -0.461 e. The van der Waals surface area contributed by atoms with Crippen LogP contribution in [0.15, 0.2) is 12.1 Å². The van der Waals surface area contributed by atoms with Gasteiger partial charge in [0.25, 0.3) is 0 Å². The number of hydrogen-bond donors (Lipinski definition) is 2. The number of aliphatic hydroxyl groups excluding tert-OH is 1. The van der Waals surface area contributed by atoms with Gasteiger partial charge in [0.15, 0.2) is 0 Å². The number of aromatic nitrogens is 2. The third kappa shape index (κ3) is 4.18. The fraction of sp³-hybridized carbons (Fsp3) is 0.613. The number of nitrogens with two attached hydrogens (primary N) is 1. The average Bonchev–Trinajstić information content (AvgIpc) is 3.64. The van der Waals surface area contributed by atoms with Gasteiger partial charge in [0.05, 0.1) is 36.1 Å². The van der Waals surface area contributed by atoms with E-state index in [9.17, 15) is 19.6 Å². The van der Waals surface area contributed by atoms with E-state index < -0.39 is 17.8 Å². The van der Waals surface area contributed by atoms with Gasteiger partial charge in [0.1, 0.15) is 30.3 Å². The van der Waals surface area contributed by atoms with Gasteiger partial charge < -0.3 is 20.3 Å². The number of rotatable bonds is 5. The molecule has 1 spiro atoms. The lowest BCUT2D eigenvalue weighted by Crippen LogP contribution is -2.44. The van der Waals surface area contributed by atoms with Gasteiger partial charge >= 0.3 is 6.01 Å². The maximum Gasteiger partial charge on any atom is 0.318 e. The van der Waals surface area contributed by atoms with Crippen molar-refractivity contribution in [2.24, 2.45) is 0 Å². The first-order chi connectivity index (χ1) is 20.3. The Morgan fingerprint density at radius 2 is 2.17 bits per heavy atom. The number of benzene rings is 1. The molecule has 1 amide bonds. The second-order valence-corrected chi connectivity index (χ2v) is 12.8. The molecule has 0 radical (unpaired) electrons. The molecule has 1 aromatic carbocycles. The molecule has 11 heteroatoms. The van der Waals surface area contributed by atoms with E-state index in [-0.39, 0.29) is 43.2 Å². The number of nitrogens with zero attached hydrogens (tertiary/aromatic N) is 5. The van der Waals surface area contributed by atoms with Crippen LogP contribution in [0.5, 0.6) is 6.01 Å². The minimum absolute atomic E-state index is 0.116. The number of carbonyl (C=O) groups is 1. The number of halogens is 1. The molecular weight excluding hydrogens is 539 g/mol. The van der Waals surface area contributed by atoms with E-state index in [1.165, 1.54) is 0 Å². The monoisotopic (exact) mass is 576 g/mol. The Kier molecular flexibility index (Phi) is 6.64. The van der Waals surface area contributed by atoms with Crippen LogP contribution in [0.1, 0.15) is 85.7 Å². The Hall–Kier alpha value is -3.33. The molecule has 3 saturated heterocycles. The quantitative estimate of drug-likeness (QED) is 0.514. The summed E-state index contributed by atoms with van der Waals surface area (Å²) in [5.41, 5.74) is 9.22. The number of fused-ring (bicyclic) bond motifs is 4. The van der Waals surface area contributed by atoms with Crippen LogP contribution in [0, 0.1) is 11.3 Å². The molecule has 7 rings (SSSR count). The normalized spacial score (nSPS) is 32.1. The van der Waals surface area contributed by atoms with Crippen molar-refractivity contribution in [1.82, 2.24) is 14.9 Å². The van der Waals surface area contributed by atoms with Crippen LogP contribution < -0.4 is 15.4 Å². The number of amides is 1. The summed E-state index contributed by atoms with van der Waals surface area (Å²) < 4.78 is 27.4.